The summed E-state index contributed by atoms with van der Waals surface area (Å²) in [5.41, 5.74) is 1.60. The fourth-order valence-electron chi connectivity index (χ4n) is 3.74. The minimum absolute atomic E-state index is 0.0887. The highest BCUT2D eigenvalue weighted by molar-refractivity contribution is 7.99. The zero-order chi connectivity index (χ0) is 22.0. The minimum atomic E-state index is -0.299. The van der Waals surface area contributed by atoms with Crippen LogP contribution < -0.4 is 15.6 Å². The molecule has 1 fully saturated rings. The van der Waals surface area contributed by atoms with Crippen molar-refractivity contribution in [2.24, 2.45) is 0 Å². The van der Waals surface area contributed by atoms with Crippen LogP contribution >= 0.6 is 23.1 Å². The van der Waals surface area contributed by atoms with Gasteiger partial charge in [-0.3, -0.25) is 9.59 Å². The molecule has 3 aromatic rings. The Morgan fingerprint density at radius 1 is 1.35 bits per heavy atom. The molecule has 0 saturated heterocycles. The van der Waals surface area contributed by atoms with E-state index in [0.29, 0.717) is 17.0 Å². The van der Waals surface area contributed by atoms with Crippen LogP contribution in [-0.2, 0) is 10.5 Å². The molecule has 0 radical (unpaired) electrons. The predicted molar refractivity (Wildman–Crippen MR) is 128 cm³/mol. The summed E-state index contributed by atoms with van der Waals surface area (Å²) < 4.78 is 6.02. The van der Waals surface area contributed by atoms with Gasteiger partial charge in [0, 0.05) is 16.6 Å². The van der Waals surface area contributed by atoms with Crippen molar-refractivity contribution in [3.05, 3.63) is 50.9 Å². The number of benzene rings is 1. The Morgan fingerprint density at radius 3 is 2.90 bits per heavy atom. The van der Waals surface area contributed by atoms with Crippen molar-refractivity contribution in [3.8, 4) is 5.75 Å². The second-order valence-corrected chi connectivity index (χ2v) is 10.5. The lowest BCUT2D eigenvalue weighted by molar-refractivity contribution is -0.115. The topological polar surface area (TPSA) is 84.1 Å². The molecule has 31 heavy (non-hydrogen) atoms. The van der Waals surface area contributed by atoms with Gasteiger partial charge in [0.1, 0.15) is 16.4 Å². The molecule has 0 spiro atoms. The molecule has 4 rings (SSSR count). The van der Waals surface area contributed by atoms with Crippen LogP contribution in [0.4, 0.5) is 5.69 Å². The first-order valence-corrected chi connectivity index (χ1v) is 12.5. The van der Waals surface area contributed by atoms with Crippen molar-refractivity contribution in [2.75, 3.05) is 5.32 Å². The summed E-state index contributed by atoms with van der Waals surface area (Å²) in [6, 6.07) is 7.57. The number of hydrogen-bond acceptors (Lipinski definition) is 6. The number of nitrogens with zero attached hydrogens (tertiary/aromatic N) is 1. The third kappa shape index (κ3) is 5.13. The van der Waals surface area contributed by atoms with Gasteiger partial charge in [0.15, 0.2) is 0 Å². The highest BCUT2D eigenvalue weighted by atomic mass is 32.2. The highest BCUT2D eigenvalue weighted by Crippen LogP contribution is 2.28. The molecule has 2 aromatic heterocycles. The number of nitrogens with one attached hydrogen (secondary N) is 2. The van der Waals surface area contributed by atoms with Crippen LogP contribution in [0.2, 0.25) is 0 Å². The lowest BCUT2D eigenvalue weighted by Gasteiger charge is -2.15. The van der Waals surface area contributed by atoms with Crippen molar-refractivity contribution in [2.45, 2.75) is 63.6 Å². The maximum Gasteiger partial charge on any atom is 0.259 e. The van der Waals surface area contributed by atoms with Crippen LogP contribution in [0.1, 0.15) is 48.9 Å². The average molecular weight is 458 g/mol. The number of fused-ring (bicyclic) bond motifs is 1. The number of thioether (sulfide) groups is 1. The summed E-state index contributed by atoms with van der Waals surface area (Å²) >= 11 is 2.97. The van der Waals surface area contributed by atoms with Crippen LogP contribution in [0.15, 0.2) is 29.1 Å². The number of aromatic amines is 1. The van der Waals surface area contributed by atoms with Gasteiger partial charge in [-0.25, -0.2) is 4.98 Å². The average Bonchev–Trinajstić information content (AvgIpc) is 3.34. The third-order valence-electron chi connectivity index (χ3n) is 5.63. The smallest absolute Gasteiger partial charge is 0.259 e. The van der Waals surface area contributed by atoms with Gasteiger partial charge in [-0.05, 0) is 64.2 Å². The number of thiophene rings is 1. The van der Waals surface area contributed by atoms with Gasteiger partial charge in [-0.15, -0.1) is 23.1 Å². The molecule has 1 atom stereocenters. The lowest BCUT2D eigenvalue weighted by Crippen LogP contribution is -2.23. The number of amides is 1. The quantitative estimate of drug-likeness (QED) is 0.510. The molecule has 1 amide bonds. The lowest BCUT2D eigenvalue weighted by atomic mass is 10.2. The van der Waals surface area contributed by atoms with Crippen LogP contribution in [-0.4, -0.2) is 27.2 Å². The Labute approximate surface area is 189 Å². The van der Waals surface area contributed by atoms with Crippen LogP contribution in [0.3, 0.4) is 0 Å². The van der Waals surface area contributed by atoms with E-state index in [-0.39, 0.29) is 22.8 Å². The second-order valence-electron chi connectivity index (χ2n) is 7.97. The molecule has 1 aliphatic carbocycles. The number of carbonyl (C=O) groups is 1. The number of aromatic nitrogens is 2. The summed E-state index contributed by atoms with van der Waals surface area (Å²) in [6.45, 7) is 5.80. The molecule has 0 bridgehead atoms. The van der Waals surface area contributed by atoms with Gasteiger partial charge < -0.3 is 15.0 Å². The Bertz CT molecular complexity index is 1150. The first-order chi connectivity index (χ1) is 14.9. The Hall–Kier alpha value is -2.32. The van der Waals surface area contributed by atoms with E-state index >= 15 is 0 Å². The zero-order valence-electron chi connectivity index (χ0n) is 18.0. The van der Waals surface area contributed by atoms with E-state index in [0.717, 1.165) is 39.5 Å². The molecule has 8 heteroatoms. The zero-order valence-corrected chi connectivity index (χ0v) is 19.6. The van der Waals surface area contributed by atoms with Gasteiger partial charge in [0.05, 0.1) is 22.5 Å². The normalized spacial score (nSPS) is 15.3. The van der Waals surface area contributed by atoms with Crippen LogP contribution in [0.25, 0.3) is 10.2 Å². The van der Waals surface area contributed by atoms with Crippen molar-refractivity contribution >= 4 is 44.9 Å². The van der Waals surface area contributed by atoms with Crippen molar-refractivity contribution in [1.29, 1.82) is 0 Å². The standard InChI is InChI=1S/C23H27N3O3S2/c1-13-14(2)31-23-20(13)22(28)25-19(26-23)12-30-15(3)21(27)24-16-7-6-10-18(11-16)29-17-8-4-5-9-17/h6-7,10-11,15,17H,4-5,8-9,12H2,1-3H3,(H,24,27)(H,25,26,28). The van der Waals surface area contributed by atoms with E-state index < -0.39 is 0 Å². The number of aryl methyl sites for hydroxylation is 2. The van der Waals surface area contributed by atoms with Crippen LogP contribution in [0.5, 0.6) is 5.75 Å². The molecule has 1 saturated carbocycles. The number of hydrogen-bond donors (Lipinski definition) is 2. The van der Waals surface area contributed by atoms with Gasteiger partial charge >= 0.3 is 0 Å². The summed E-state index contributed by atoms with van der Waals surface area (Å²) in [5, 5.41) is 3.33. The second kappa shape index (κ2) is 9.44. The number of carbonyl (C=O) groups excluding carboxylic acids is 1. The van der Waals surface area contributed by atoms with Gasteiger partial charge in [0.25, 0.3) is 5.56 Å². The minimum Gasteiger partial charge on any atom is -0.490 e. The highest BCUT2D eigenvalue weighted by Gasteiger charge is 2.18. The molecular weight excluding hydrogens is 430 g/mol. The van der Waals surface area contributed by atoms with E-state index in [4.69, 9.17) is 4.74 Å². The van der Waals surface area contributed by atoms with Crippen molar-refractivity contribution < 1.29 is 9.53 Å². The van der Waals surface area contributed by atoms with Gasteiger partial charge in [-0.1, -0.05) is 6.07 Å². The number of H-pyrrole nitrogens is 1. The SMILES string of the molecule is Cc1sc2nc(CSC(C)C(=O)Nc3cccc(OC4CCCC4)c3)[nH]c(=O)c2c1C. The number of rotatable bonds is 7. The maximum absolute atomic E-state index is 12.7. The molecular formula is C23H27N3O3S2. The van der Waals surface area contributed by atoms with E-state index in [1.807, 2.05) is 45.0 Å². The summed E-state index contributed by atoms with van der Waals surface area (Å²) in [5.74, 6) is 1.76. The predicted octanol–water partition coefficient (Wildman–Crippen LogP) is 5.18. The van der Waals surface area contributed by atoms with Gasteiger partial charge in [-0.2, -0.15) is 0 Å². The summed E-state index contributed by atoms with van der Waals surface area (Å²) in [7, 11) is 0. The summed E-state index contributed by atoms with van der Waals surface area (Å²) in [4.78, 5) is 34.4. The molecule has 164 valence electrons. The van der Waals surface area contributed by atoms with Crippen molar-refractivity contribution in [3.63, 3.8) is 0 Å². The van der Waals surface area contributed by atoms with Crippen LogP contribution in [0, 0.1) is 13.8 Å². The Balaban J connectivity index is 1.36. The maximum atomic E-state index is 12.7. The van der Waals surface area contributed by atoms with E-state index in [1.54, 1.807) is 0 Å². The molecule has 1 unspecified atom stereocenters. The third-order valence-corrected chi connectivity index (χ3v) is 7.89. The first-order valence-electron chi connectivity index (χ1n) is 10.6. The molecule has 0 aliphatic heterocycles. The Morgan fingerprint density at radius 2 is 2.13 bits per heavy atom. The largest absolute Gasteiger partial charge is 0.490 e. The van der Waals surface area contributed by atoms with Gasteiger partial charge in [0.2, 0.25) is 5.91 Å². The number of anilines is 1. The molecule has 1 aliphatic rings. The molecule has 6 nitrogen and oxygen atoms in total. The van der Waals surface area contributed by atoms with Crippen molar-refractivity contribution in [1.82, 2.24) is 9.97 Å². The Kier molecular flexibility index (Phi) is 6.67. The van der Waals surface area contributed by atoms with E-state index in [1.165, 1.54) is 35.9 Å². The molecule has 2 heterocycles. The monoisotopic (exact) mass is 457 g/mol. The molecule has 2 N–H and O–H groups in total. The number of ether oxygens (including phenoxy) is 1. The van der Waals surface area contributed by atoms with E-state index in [9.17, 15) is 9.59 Å². The first kappa shape index (κ1) is 21.9. The van der Waals surface area contributed by atoms with E-state index in [2.05, 4.69) is 15.3 Å². The summed E-state index contributed by atoms with van der Waals surface area (Å²) in [6.07, 6.45) is 4.90. The fourth-order valence-corrected chi connectivity index (χ4v) is 5.54. The molecule has 1 aromatic carbocycles. The fraction of sp³-hybridized carbons (Fsp3) is 0.435.